The van der Waals surface area contributed by atoms with Gasteiger partial charge in [0.1, 0.15) is 5.82 Å². The van der Waals surface area contributed by atoms with E-state index in [1.165, 1.54) is 22.5 Å². The number of rotatable bonds is 6. The third-order valence-corrected chi connectivity index (χ3v) is 6.91. The molecule has 1 heterocycles. The summed E-state index contributed by atoms with van der Waals surface area (Å²) in [5.74, 6) is -0.907. The highest BCUT2D eigenvalue weighted by molar-refractivity contribution is 7.89. The Balaban J connectivity index is 1.48. The molecule has 0 saturated carbocycles. The summed E-state index contributed by atoms with van der Waals surface area (Å²) < 4.78 is 39.8. The Hall–Kier alpha value is -2.78. The lowest BCUT2D eigenvalue weighted by Crippen LogP contribution is -2.50. The van der Waals surface area contributed by atoms with E-state index in [4.69, 9.17) is 0 Å². The van der Waals surface area contributed by atoms with Gasteiger partial charge in [-0.3, -0.25) is 9.59 Å². The third-order valence-electron chi connectivity index (χ3n) is 5.00. The Morgan fingerprint density at radius 2 is 1.67 bits per heavy atom. The number of anilines is 1. The summed E-state index contributed by atoms with van der Waals surface area (Å²) >= 11 is 0. The molecular formula is C21H24FN3O4S. The lowest BCUT2D eigenvalue weighted by Gasteiger charge is -2.34. The molecule has 1 aliphatic heterocycles. The SMILES string of the molecule is Cc1cc(F)ccc1NC(=O)CCC(=O)N1CCN(S(=O)(=O)c2ccccc2)CC1. The molecular weight excluding hydrogens is 409 g/mol. The van der Waals surface area contributed by atoms with Crippen LogP contribution < -0.4 is 5.32 Å². The zero-order valence-corrected chi connectivity index (χ0v) is 17.5. The molecule has 0 unspecified atom stereocenters. The first-order valence-corrected chi connectivity index (χ1v) is 11.1. The van der Waals surface area contributed by atoms with Crippen molar-refractivity contribution >= 4 is 27.5 Å². The average molecular weight is 434 g/mol. The van der Waals surface area contributed by atoms with E-state index in [1.807, 2.05) is 0 Å². The van der Waals surface area contributed by atoms with Gasteiger partial charge in [0.05, 0.1) is 4.90 Å². The average Bonchev–Trinajstić information content (AvgIpc) is 2.75. The zero-order chi connectivity index (χ0) is 21.7. The quantitative estimate of drug-likeness (QED) is 0.758. The summed E-state index contributed by atoms with van der Waals surface area (Å²) in [5.41, 5.74) is 1.11. The second-order valence-corrected chi connectivity index (χ2v) is 9.04. The molecule has 2 aromatic carbocycles. The van der Waals surface area contributed by atoms with Crippen molar-refractivity contribution < 1.29 is 22.4 Å². The van der Waals surface area contributed by atoms with Gasteiger partial charge < -0.3 is 10.2 Å². The van der Waals surface area contributed by atoms with Gasteiger partial charge in [-0.05, 0) is 42.8 Å². The van der Waals surface area contributed by atoms with Gasteiger partial charge in [-0.15, -0.1) is 0 Å². The molecule has 1 N–H and O–H groups in total. The van der Waals surface area contributed by atoms with Crippen LogP contribution in [0.2, 0.25) is 0 Å². The number of carbonyl (C=O) groups excluding carboxylic acids is 2. The first-order valence-electron chi connectivity index (χ1n) is 9.66. The number of amides is 2. The molecule has 3 rings (SSSR count). The number of aryl methyl sites for hydroxylation is 1. The van der Waals surface area contributed by atoms with E-state index in [-0.39, 0.29) is 61.5 Å². The summed E-state index contributed by atoms with van der Waals surface area (Å²) in [6.45, 7) is 2.67. The molecule has 0 spiro atoms. The maximum atomic E-state index is 13.1. The minimum Gasteiger partial charge on any atom is -0.340 e. The van der Waals surface area contributed by atoms with Gasteiger partial charge in [-0.1, -0.05) is 18.2 Å². The normalized spacial score (nSPS) is 15.1. The summed E-state index contributed by atoms with van der Waals surface area (Å²) in [5, 5.41) is 2.68. The second-order valence-electron chi connectivity index (χ2n) is 7.11. The predicted octanol–water partition coefficient (Wildman–Crippen LogP) is 2.39. The molecule has 0 aromatic heterocycles. The molecule has 7 nitrogen and oxygen atoms in total. The lowest BCUT2D eigenvalue weighted by molar-refractivity contribution is -0.133. The van der Waals surface area contributed by atoms with Crippen LogP contribution in [0.15, 0.2) is 53.4 Å². The standard InChI is InChI=1S/C21H24FN3O4S/c1-16-15-17(22)7-8-19(16)23-20(26)9-10-21(27)24-11-13-25(14-12-24)30(28,29)18-5-3-2-4-6-18/h2-8,15H,9-14H2,1H3,(H,23,26). The molecule has 0 bridgehead atoms. The van der Waals surface area contributed by atoms with Gasteiger partial charge in [-0.2, -0.15) is 4.31 Å². The molecule has 160 valence electrons. The number of benzene rings is 2. The highest BCUT2D eigenvalue weighted by Gasteiger charge is 2.29. The van der Waals surface area contributed by atoms with E-state index in [1.54, 1.807) is 42.2 Å². The van der Waals surface area contributed by atoms with Crippen LogP contribution in [0.5, 0.6) is 0 Å². The summed E-state index contributed by atoms with van der Waals surface area (Å²) in [6, 6.07) is 12.3. The minimum absolute atomic E-state index is 0.00181. The molecule has 0 radical (unpaired) electrons. The van der Waals surface area contributed by atoms with Gasteiger partial charge in [0, 0.05) is 44.7 Å². The molecule has 9 heteroatoms. The van der Waals surface area contributed by atoms with E-state index < -0.39 is 10.0 Å². The van der Waals surface area contributed by atoms with Crippen LogP contribution in [0.25, 0.3) is 0 Å². The number of sulfonamides is 1. The minimum atomic E-state index is -3.57. The first-order chi connectivity index (χ1) is 14.3. The Labute approximate surface area is 175 Å². The number of carbonyl (C=O) groups is 2. The van der Waals surface area contributed by atoms with Crippen LogP contribution in [0.3, 0.4) is 0 Å². The lowest BCUT2D eigenvalue weighted by atomic mass is 10.2. The Kier molecular flexibility index (Phi) is 6.84. The fourth-order valence-electron chi connectivity index (χ4n) is 3.28. The highest BCUT2D eigenvalue weighted by Crippen LogP contribution is 2.18. The molecule has 30 heavy (non-hydrogen) atoms. The van der Waals surface area contributed by atoms with E-state index >= 15 is 0 Å². The van der Waals surface area contributed by atoms with Crippen LogP contribution in [-0.4, -0.2) is 55.6 Å². The fraction of sp³-hybridized carbons (Fsp3) is 0.333. The smallest absolute Gasteiger partial charge is 0.243 e. The molecule has 1 fully saturated rings. The third kappa shape index (κ3) is 5.22. The zero-order valence-electron chi connectivity index (χ0n) is 16.7. The number of hydrogen-bond acceptors (Lipinski definition) is 4. The first kappa shape index (κ1) is 21.9. The predicted molar refractivity (Wildman–Crippen MR) is 111 cm³/mol. The largest absolute Gasteiger partial charge is 0.340 e. The summed E-state index contributed by atoms with van der Waals surface area (Å²) in [6.07, 6.45) is 0.0235. The van der Waals surface area contributed by atoms with Crippen molar-refractivity contribution in [3.05, 3.63) is 59.9 Å². The van der Waals surface area contributed by atoms with Crippen molar-refractivity contribution in [1.29, 1.82) is 0 Å². The highest BCUT2D eigenvalue weighted by atomic mass is 32.2. The maximum absolute atomic E-state index is 13.1. The number of nitrogens with one attached hydrogen (secondary N) is 1. The number of nitrogens with zero attached hydrogens (tertiary/aromatic N) is 2. The number of hydrogen-bond donors (Lipinski definition) is 1. The van der Waals surface area contributed by atoms with Crippen molar-refractivity contribution in [1.82, 2.24) is 9.21 Å². The molecule has 1 aliphatic rings. The topological polar surface area (TPSA) is 86.8 Å². The molecule has 1 saturated heterocycles. The number of halogens is 1. The van der Waals surface area contributed by atoms with Crippen LogP contribution >= 0.6 is 0 Å². The van der Waals surface area contributed by atoms with Gasteiger partial charge in [0.15, 0.2) is 0 Å². The van der Waals surface area contributed by atoms with E-state index in [9.17, 15) is 22.4 Å². The van der Waals surface area contributed by atoms with Gasteiger partial charge in [0.25, 0.3) is 0 Å². The van der Waals surface area contributed by atoms with Crippen molar-refractivity contribution in [2.75, 3.05) is 31.5 Å². The maximum Gasteiger partial charge on any atom is 0.243 e. The molecule has 2 aromatic rings. The molecule has 0 aliphatic carbocycles. The van der Waals surface area contributed by atoms with E-state index in [0.717, 1.165) is 0 Å². The number of piperazine rings is 1. The van der Waals surface area contributed by atoms with Crippen LogP contribution in [0.1, 0.15) is 18.4 Å². The van der Waals surface area contributed by atoms with Crippen LogP contribution in [0, 0.1) is 12.7 Å². The Morgan fingerprint density at radius 1 is 1.00 bits per heavy atom. The Bertz CT molecular complexity index is 1020. The van der Waals surface area contributed by atoms with Gasteiger partial charge >= 0.3 is 0 Å². The van der Waals surface area contributed by atoms with Gasteiger partial charge in [-0.25, -0.2) is 12.8 Å². The van der Waals surface area contributed by atoms with Crippen LogP contribution in [0.4, 0.5) is 10.1 Å². The molecule has 2 amide bonds. The van der Waals surface area contributed by atoms with Crippen molar-refractivity contribution in [3.8, 4) is 0 Å². The monoisotopic (exact) mass is 433 g/mol. The molecule has 0 atom stereocenters. The second kappa shape index (κ2) is 9.36. The van der Waals surface area contributed by atoms with E-state index in [0.29, 0.717) is 11.3 Å². The van der Waals surface area contributed by atoms with Crippen molar-refractivity contribution in [2.24, 2.45) is 0 Å². The summed E-state index contributed by atoms with van der Waals surface area (Å²) in [7, 11) is -3.57. The fourth-order valence-corrected chi connectivity index (χ4v) is 4.72. The van der Waals surface area contributed by atoms with Gasteiger partial charge in [0.2, 0.25) is 21.8 Å². The van der Waals surface area contributed by atoms with Crippen molar-refractivity contribution in [2.45, 2.75) is 24.7 Å². The van der Waals surface area contributed by atoms with Crippen LogP contribution in [-0.2, 0) is 19.6 Å². The summed E-state index contributed by atoms with van der Waals surface area (Å²) in [4.78, 5) is 26.3. The van der Waals surface area contributed by atoms with Crippen molar-refractivity contribution in [3.63, 3.8) is 0 Å². The Morgan fingerprint density at radius 3 is 2.30 bits per heavy atom. The van der Waals surface area contributed by atoms with E-state index in [2.05, 4.69) is 5.32 Å².